The lowest BCUT2D eigenvalue weighted by Gasteiger charge is -2.09. The van der Waals surface area contributed by atoms with Gasteiger partial charge in [0.25, 0.3) is 5.56 Å². The molecule has 4 rings (SSSR count). The van der Waals surface area contributed by atoms with Crippen molar-refractivity contribution in [2.24, 2.45) is 0 Å². The largest absolute Gasteiger partial charge is 0.474 e. The fourth-order valence-corrected chi connectivity index (χ4v) is 3.42. The van der Waals surface area contributed by atoms with Crippen LogP contribution in [0.1, 0.15) is 23.4 Å². The number of halogens is 3. The summed E-state index contributed by atoms with van der Waals surface area (Å²) in [5.41, 5.74) is 0.203. The van der Waals surface area contributed by atoms with Crippen LogP contribution in [0.2, 0.25) is 0 Å². The first-order valence-corrected chi connectivity index (χ1v) is 9.10. The van der Waals surface area contributed by atoms with E-state index in [1.165, 1.54) is 34.9 Å². The highest BCUT2D eigenvalue weighted by atomic mass is 19.4. The van der Waals surface area contributed by atoms with Crippen LogP contribution in [-0.2, 0) is 22.3 Å². The lowest BCUT2D eigenvalue weighted by molar-refractivity contribution is -0.147. The molecule has 0 atom stereocenters. The van der Waals surface area contributed by atoms with Gasteiger partial charge in [-0.25, -0.2) is 9.78 Å². The number of hydrogen-bond acceptors (Lipinski definition) is 4. The number of allylic oxidation sites excluding steroid dienone is 1. The number of alkyl halides is 3. The third-order valence-corrected chi connectivity index (χ3v) is 4.85. The SMILES string of the molecule is O=C(O)C(=O)Nc1ccc2c(=O)n3c(nc2c1)C(=Cc1cccc(C(F)(F)F)c1)CC3. The van der Waals surface area contributed by atoms with Crippen molar-refractivity contribution < 1.29 is 27.9 Å². The Bertz CT molecular complexity index is 1330. The second kappa shape index (κ2) is 7.38. The first-order chi connectivity index (χ1) is 14.6. The summed E-state index contributed by atoms with van der Waals surface area (Å²) in [7, 11) is 0. The zero-order chi connectivity index (χ0) is 22.3. The Morgan fingerprint density at radius 3 is 2.65 bits per heavy atom. The summed E-state index contributed by atoms with van der Waals surface area (Å²) in [6.45, 7) is 0.333. The number of nitrogens with zero attached hydrogens (tertiary/aromatic N) is 2. The van der Waals surface area contributed by atoms with Crippen LogP contribution in [0, 0.1) is 0 Å². The molecule has 0 radical (unpaired) electrons. The highest BCUT2D eigenvalue weighted by Crippen LogP contribution is 2.32. The minimum atomic E-state index is -4.47. The van der Waals surface area contributed by atoms with E-state index in [1.54, 1.807) is 6.08 Å². The highest BCUT2D eigenvalue weighted by Gasteiger charge is 2.30. The zero-order valence-corrected chi connectivity index (χ0v) is 15.7. The summed E-state index contributed by atoms with van der Waals surface area (Å²) in [6.07, 6.45) is -2.50. The Labute approximate surface area is 172 Å². The minimum absolute atomic E-state index is 0.151. The molecule has 2 aromatic carbocycles. The van der Waals surface area contributed by atoms with Crippen molar-refractivity contribution >= 4 is 40.1 Å². The summed E-state index contributed by atoms with van der Waals surface area (Å²) in [5.74, 6) is -2.58. The van der Waals surface area contributed by atoms with E-state index in [4.69, 9.17) is 5.11 Å². The third kappa shape index (κ3) is 3.91. The molecule has 10 heteroatoms. The number of nitrogens with one attached hydrogen (secondary N) is 1. The van der Waals surface area contributed by atoms with Crippen LogP contribution < -0.4 is 10.9 Å². The number of aromatic nitrogens is 2. The van der Waals surface area contributed by atoms with Crippen LogP contribution in [0.4, 0.5) is 18.9 Å². The zero-order valence-electron chi connectivity index (χ0n) is 15.7. The molecule has 3 aromatic rings. The van der Waals surface area contributed by atoms with Crippen molar-refractivity contribution in [1.29, 1.82) is 0 Å². The number of amides is 1. The maximum atomic E-state index is 13.0. The highest BCUT2D eigenvalue weighted by molar-refractivity contribution is 6.36. The molecule has 31 heavy (non-hydrogen) atoms. The Morgan fingerprint density at radius 1 is 1.16 bits per heavy atom. The molecule has 2 N–H and O–H groups in total. The lowest BCUT2D eigenvalue weighted by Crippen LogP contribution is -2.23. The number of fused-ring (bicyclic) bond motifs is 2. The van der Waals surface area contributed by atoms with E-state index in [0.29, 0.717) is 29.9 Å². The molecule has 1 aliphatic heterocycles. The second-order valence-corrected chi connectivity index (χ2v) is 6.93. The lowest BCUT2D eigenvalue weighted by atomic mass is 10.1. The molecule has 7 nitrogen and oxygen atoms in total. The molecular weight excluding hydrogens is 415 g/mol. The van der Waals surface area contributed by atoms with Gasteiger partial charge in [0.15, 0.2) is 0 Å². The maximum absolute atomic E-state index is 13.0. The molecule has 0 fully saturated rings. The smallest absolute Gasteiger partial charge is 0.416 e. The summed E-state index contributed by atoms with van der Waals surface area (Å²) < 4.78 is 40.4. The number of carboxylic acid groups (broad SMARTS) is 1. The fourth-order valence-electron chi connectivity index (χ4n) is 3.42. The predicted molar refractivity (Wildman–Crippen MR) is 106 cm³/mol. The summed E-state index contributed by atoms with van der Waals surface area (Å²) in [4.78, 5) is 39.4. The van der Waals surface area contributed by atoms with Crippen LogP contribution in [0.3, 0.4) is 0 Å². The Kier molecular flexibility index (Phi) is 4.84. The van der Waals surface area contributed by atoms with Gasteiger partial charge in [0.1, 0.15) is 5.82 Å². The molecule has 0 saturated carbocycles. The number of benzene rings is 2. The van der Waals surface area contributed by atoms with Gasteiger partial charge in [-0.05, 0) is 54.0 Å². The van der Waals surface area contributed by atoms with Gasteiger partial charge in [-0.1, -0.05) is 12.1 Å². The Balaban J connectivity index is 1.77. The fraction of sp³-hybridized carbons (Fsp3) is 0.143. The number of carboxylic acids is 1. The molecule has 1 aromatic heterocycles. The molecule has 0 bridgehead atoms. The number of carbonyl (C=O) groups excluding carboxylic acids is 1. The molecule has 0 unspecified atom stereocenters. The van der Waals surface area contributed by atoms with Crippen LogP contribution in [-0.4, -0.2) is 26.5 Å². The Morgan fingerprint density at radius 2 is 1.94 bits per heavy atom. The Hall–Kier alpha value is -3.95. The number of carbonyl (C=O) groups is 2. The van der Waals surface area contributed by atoms with Crippen molar-refractivity contribution in [2.75, 3.05) is 5.32 Å². The van der Waals surface area contributed by atoms with Crippen LogP contribution in [0.5, 0.6) is 0 Å². The third-order valence-electron chi connectivity index (χ3n) is 4.85. The van der Waals surface area contributed by atoms with Gasteiger partial charge in [0.2, 0.25) is 0 Å². The number of hydrogen-bond donors (Lipinski definition) is 2. The monoisotopic (exact) mass is 429 g/mol. The van der Waals surface area contributed by atoms with E-state index in [1.807, 2.05) is 0 Å². The van der Waals surface area contributed by atoms with E-state index in [9.17, 15) is 27.6 Å². The average molecular weight is 429 g/mol. The molecular formula is C21H14F3N3O4. The second-order valence-electron chi connectivity index (χ2n) is 6.93. The predicted octanol–water partition coefficient (Wildman–Crippen LogP) is 3.38. The van der Waals surface area contributed by atoms with Crippen molar-refractivity contribution in [3.63, 3.8) is 0 Å². The van der Waals surface area contributed by atoms with Gasteiger partial charge < -0.3 is 10.4 Å². The minimum Gasteiger partial charge on any atom is -0.474 e. The molecule has 2 heterocycles. The van der Waals surface area contributed by atoms with Gasteiger partial charge in [-0.3, -0.25) is 14.2 Å². The average Bonchev–Trinajstić information content (AvgIpc) is 3.10. The van der Waals surface area contributed by atoms with Gasteiger partial charge in [-0.15, -0.1) is 0 Å². The summed E-state index contributed by atoms with van der Waals surface area (Å²) in [6, 6.07) is 9.05. The normalized spacial score (nSPS) is 14.6. The number of anilines is 1. The standard InChI is InChI=1S/C21H14F3N3O4/c22-21(23,24)13-3-1-2-11(9-13)8-12-6-7-27-17(12)26-16-10-14(25-18(28)20(30)31)4-5-15(16)19(27)29/h1-5,8-10H,6-7H2,(H,25,28)(H,30,31). The number of aliphatic carboxylic acids is 1. The van der Waals surface area contributed by atoms with Crippen LogP contribution in [0.15, 0.2) is 47.3 Å². The molecule has 0 saturated heterocycles. The molecule has 0 aliphatic carbocycles. The van der Waals surface area contributed by atoms with E-state index in [0.717, 1.165) is 12.1 Å². The molecule has 158 valence electrons. The van der Waals surface area contributed by atoms with Gasteiger partial charge >= 0.3 is 18.1 Å². The maximum Gasteiger partial charge on any atom is 0.416 e. The topological polar surface area (TPSA) is 101 Å². The van der Waals surface area contributed by atoms with Crippen molar-refractivity contribution in [2.45, 2.75) is 19.1 Å². The van der Waals surface area contributed by atoms with E-state index < -0.39 is 23.6 Å². The van der Waals surface area contributed by atoms with Crippen molar-refractivity contribution in [1.82, 2.24) is 9.55 Å². The first-order valence-electron chi connectivity index (χ1n) is 9.10. The summed E-state index contributed by atoms with van der Waals surface area (Å²) in [5, 5.41) is 11.2. The van der Waals surface area contributed by atoms with E-state index in [2.05, 4.69) is 10.3 Å². The van der Waals surface area contributed by atoms with E-state index >= 15 is 0 Å². The van der Waals surface area contributed by atoms with Crippen molar-refractivity contribution in [3.8, 4) is 0 Å². The summed E-state index contributed by atoms with van der Waals surface area (Å²) >= 11 is 0. The van der Waals surface area contributed by atoms with Crippen molar-refractivity contribution in [3.05, 3.63) is 69.8 Å². The van der Waals surface area contributed by atoms with Gasteiger partial charge in [-0.2, -0.15) is 13.2 Å². The van der Waals surface area contributed by atoms with E-state index in [-0.39, 0.29) is 22.1 Å². The number of rotatable bonds is 2. The molecule has 0 spiro atoms. The van der Waals surface area contributed by atoms with Crippen LogP contribution in [0.25, 0.3) is 22.6 Å². The van der Waals surface area contributed by atoms with Crippen LogP contribution >= 0.6 is 0 Å². The van der Waals surface area contributed by atoms with Gasteiger partial charge in [0, 0.05) is 12.2 Å². The van der Waals surface area contributed by atoms with Gasteiger partial charge in [0.05, 0.1) is 16.5 Å². The quantitative estimate of drug-likeness (QED) is 0.609. The molecule has 1 aliphatic rings. The first kappa shape index (κ1) is 20.3. The molecule has 1 amide bonds.